The maximum atomic E-state index is 9.98. The summed E-state index contributed by atoms with van der Waals surface area (Å²) >= 11 is 0. The molecule has 0 aromatic carbocycles. The van der Waals surface area contributed by atoms with E-state index in [9.17, 15) is 9.90 Å². The molecule has 0 aliphatic heterocycles. The normalized spacial score (nSPS) is 34.2. The Labute approximate surface area is 188 Å². The Kier molecular flexibility index (Phi) is 9.33. The number of ketones is 1. The minimum Gasteiger partial charge on any atom is -0.876 e. The molecule has 29 heavy (non-hydrogen) atoms. The first kappa shape index (κ1) is 23.6. The van der Waals surface area contributed by atoms with E-state index in [2.05, 4.69) is 72.9 Å². The summed E-state index contributed by atoms with van der Waals surface area (Å²) in [5.74, 6) is 4.49. The van der Waals surface area contributed by atoms with Crippen molar-refractivity contribution < 1.29 is 30.0 Å². The molecule has 0 spiro atoms. The molecule has 157 valence electrons. The monoisotopic (exact) mass is 568 g/mol. The van der Waals surface area contributed by atoms with E-state index in [4.69, 9.17) is 0 Å². The summed E-state index contributed by atoms with van der Waals surface area (Å²) < 4.78 is 0. The molecule has 3 heteroatoms. The van der Waals surface area contributed by atoms with E-state index in [1.807, 2.05) is 0 Å². The van der Waals surface area contributed by atoms with Crippen molar-refractivity contribution in [1.29, 1.82) is 0 Å². The number of rotatable bonds is 1. The first-order valence-corrected chi connectivity index (χ1v) is 10.4. The third kappa shape index (κ3) is 7.91. The molecule has 0 heterocycles. The molecule has 0 amide bonds. The van der Waals surface area contributed by atoms with Gasteiger partial charge in [0.15, 0.2) is 5.78 Å². The van der Waals surface area contributed by atoms with Crippen molar-refractivity contribution >= 4 is 5.78 Å². The van der Waals surface area contributed by atoms with Crippen LogP contribution in [0.5, 0.6) is 0 Å². The number of hydrogen-bond acceptors (Lipinski definition) is 2. The molecular formula is C26H31IrO2-. The first-order chi connectivity index (χ1) is 13.5. The fourth-order valence-corrected chi connectivity index (χ4v) is 4.27. The largest absolute Gasteiger partial charge is 0.876 e. The number of carbonyl (C=O) groups is 1. The van der Waals surface area contributed by atoms with Crippen LogP contribution in [0.4, 0.5) is 0 Å². The molecule has 0 atom stereocenters. The molecule has 0 N–H and O–H groups in total. The number of carbonyl (C=O) groups excluding carboxylic acids is 1. The van der Waals surface area contributed by atoms with Gasteiger partial charge in [0.05, 0.1) is 0 Å². The van der Waals surface area contributed by atoms with Crippen molar-refractivity contribution in [3.63, 3.8) is 0 Å². The molecule has 0 saturated carbocycles. The van der Waals surface area contributed by atoms with Gasteiger partial charge in [-0.3, -0.25) is 4.79 Å². The van der Waals surface area contributed by atoms with Gasteiger partial charge in [0.1, 0.15) is 0 Å². The van der Waals surface area contributed by atoms with Gasteiger partial charge in [0.2, 0.25) is 0 Å². The molecule has 6 rings (SSSR count). The molecule has 0 aromatic heterocycles. The van der Waals surface area contributed by atoms with E-state index >= 15 is 0 Å². The molecule has 0 saturated heterocycles. The predicted molar refractivity (Wildman–Crippen MR) is 114 cm³/mol. The zero-order chi connectivity index (χ0) is 19.9. The van der Waals surface area contributed by atoms with E-state index in [0.29, 0.717) is 0 Å². The fourth-order valence-electron chi connectivity index (χ4n) is 4.27. The van der Waals surface area contributed by atoms with E-state index in [1.54, 1.807) is 0 Å². The maximum absolute atomic E-state index is 9.98. The van der Waals surface area contributed by atoms with Gasteiger partial charge < -0.3 is 5.11 Å². The van der Waals surface area contributed by atoms with Crippen LogP contribution in [0.3, 0.4) is 0 Å². The average Bonchev–Trinajstić information content (AvgIpc) is 3.52. The summed E-state index contributed by atoms with van der Waals surface area (Å²) in [6.45, 7) is 2.70. The third-order valence-electron chi connectivity index (χ3n) is 5.67. The number of allylic oxidation sites excluding steroid dienone is 14. The maximum Gasteiger partial charge on any atom is 0.151 e. The van der Waals surface area contributed by atoms with Gasteiger partial charge >= 0.3 is 0 Å². The van der Waals surface area contributed by atoms with Crippen LogP contribution in [0.25, 0.3) is 0 Å². The van der Waals surface area contributed by atoms with E-state index in [0.717, 1.165) is 41.6 Å². The Morgan fingerprint density at radius 2 is 0.828 bits per heavy atom. The van der Waals surface area contributed by atoms with Crippen molar-refractivity contribution in [2.45, 2.75) is 33.1 Å². The Balaban J connectivity index is 0.000000136. The summed E-state index contributed by atoms with van der Waals surface area (Å²) in [7, 11) is 0. The van der Waals surface area contributed by atoms with Gasteiger partial charge in [0.25, 0.3) is 0 Å². The second-order valence-corrected chi connectivity index (χ2v) is 8.37. The van der Waals surface area contributed by atoms with Crippen LogP contribution in [0.1, 0.15) is 33.1 Å². The van der Waals surface area contributed by atoms with Crippen molar-refractivity contribution in [2.24, 2.45) is 35.5 Å². The average molecular weight is 568 g/mol. The smallest absolute Gasteiger partial charge is 0.151 e. The molecule has 6 aliphatic rings. The van der Waals surface area contributed by atoms with Gasteiger partial charge in [-0.05, 0) is 67.8 Å². The molecule has 0 aromatic rings. The van der Waals surface area contributed by atoms with Crippen molar-refractivity contribution in [3.05, 3.63) is 84.7 Å². The van der Waals surface area contributed by atoms with Crippen LogP contribution in [0.15, 0.2) is 84.7 Å². The quantitative estimate of drug-likeness (QED) is 0.252. The Bertz CT molecular complexity index is 597. The summed E-state index contributed by atoms with van der Waals surface area (Å²) in [6, 6.07) is 0. The molecule has 0 fully saturated rings. The van der Waals surface area contributed by atoms with Gasteiger partial charge in [-0.1, -0.05) is 79.8 Å². The van der Waals surface area contributed by atoms with Crippen LogP contribution in [-0.4, -0.2) is 5.78 Å². The predicted octanol–water partition coefficient (Wildman–Crippen LogP) is 5.08. The first-order valence-electron chi connectivity index (χ1n) is 10.4. The van der Waals surface area contributed by atoms with Gasteiger partial charge in [-0.25, -0.2) is 0 Å². The minimum atomic E-state index is -0.187. The van der Waals surface area contributed by atoms with Crippen molar-refractivity contribution in [3.8, 4) is 0 Å². The third-order valence-corrected chi connectivity index (χ3v) is 5.67. The molecule has 0 unspecified atom stereocenters. The van der Waals surface area contributed by atoms with Crippen LogP contribution >= 0.6 is 0 Å². The SMILES string of the molecule is C1=CC2C=CC1C2.C1=CC2C=CC1C2.C1=CC2C=CC1C2.CC(=O)C=C(C)[O-].[Ir]. The molecular weight excluding hydrogens is 537 g/mol. The van der Waals surface area contributed by atoms with Crippen molar-refractivity contribution in [2.75, 3.05) is 0 Å². The number of hydrogen-bond donors (Lipinski definition) is 0. The van der Waals surface area contributed by atoms with Crippen molar-refractivity contribution in [1.82, 2.24) is 0 Å². The second-order valence-electron chi connectivity index (χ2n) is 8.37. The molecule has 2 nitrogen and oxygen atoms in total. The summed E-state index contributed by atoms with van der Waals surface area (Å²) in [5, 5.41) is 9.98. The van der Waals surface area contributed by atoms with E-state index in [-0.39, 0.29) is 31.6 Å². The van der Waals surface area contributed by atoms with E-state index < -0.39 is 0 Å². The summed E-state index contributed by atoms with van der Waals surface area (Å²) in [4.78, 5) is 9.98. The molecule has 6 aliphatic carbocycles. The fraction of sp³-hybridized carbons (Fsp3) is 0.423. The number of fused-ring (bicyclic) bond motifs is 6. The van der Waals surface area contributed by atoms with Crippen LogP contribution < -0.4 is 5.11 Å². The van der Waals surface area contributed by atoms with Crippen LogP contribution in [-0.2, 0) is 24.9 Å². The second kappa shape index (κ2) is 11.5. The standard InChI is InChI=1S/3C7H8.C5H8O2.Ir/c3*1-2-7-4-3-6(1)5-7;1-4(6)3-5(2)7;/h3*1-4,6-7H,5H2;3,6H,1-2H3;/p-1. The Hall–Kier alpha value is -1.70. The zero-order valence-corrected chi connectivity index (χ0v) is 19.6. The zero-order valence-electron chi connectivity index (χ0n) is 17.2. The molecule has 6 bridgehead atoms. The van der Waals surface area contributed by atoms with Gasteiger partial charge in [-0.15, -0.1) is 5.76 Å². The summed E-state index contributed by atoms with van der Waals surface area (Å²) in [6.07, 6.45) is 32.7. The Morgan fingerprint density at radius 1 is 0.621 bits per heavy atom. The summed E-state index contributed by atoms with van der Waals surface area (Å²) in [5.41, 5.74) is 0. The van der Waals surface area contributed by atoms with Gasteiger partial charge in [0, 0.05) is 20.1 Å². The van der Waals surface area contributed by atoms with Gasteiger partial charge in [-0.2, -0.15) is 0 Å². The minimum absolute atomic E-state index is 0. The molecule has 1 radical (unpaired) electrons. The topological polar surface area (TPSA) is 40.1 Å². The van der Waals surface area contributed by atoms with E-state index in [1.165, 1.54) is 33.1 Å². The Morgan fingerprint density at radius 3 is 0.862 bits per heavy atom. The van der Waals surface area contributed by atoms with Crippen LogP contribution in [0.2, 0.25) is 0 Å². The van der Waals surface area contributed by atoms with Crippen LogP contribution in [0, 0.1) is 35.5 Å².